The minimum atomic E-state index is -4.52. The molecule has 0 fully saturated rings. The zero-order valence-corrected chi connectivity index (χ0v) is 24.6. The number of sulfonamides is 1. The number of rotatable bonds is 13. The van der Waals surface area contributed by atoms with E-state index in [9.17, 15) is 23.1 Å². The molecule has 0 radical (unpaired) electrons. The predicted octanol–water partition coefficient (Wildman–Crippen LogP) is 5.80. The van der Waals surface area contributed by atoms with Crippen molar-refractivity contribution in [3.05, 3.63) is 89.5 Å². The number of carboxylic acids is 1. The fourth-order valence-corrected chi connectivity index (χ4v) is 6.68. The lowest BCUT2D eigenvalue weighted by atomic mass is 9.98. The van der Waals surface area contributed by atoms with E-state index >= 15 is 0 Å². The number of aliphatic carboxylic acids is 1. The summed E-state index contributed by atoms with van der Waals surface area (Å²) in [5.41, 5.74) is 4.84. The quantitative estimate of drug-likeness (QED) is 0.246. The van der Waals surface area contributed by atoms with E-state index in [1.165, 1.54) is 12.1 Å². The van der Waals surface area contributed by atoms with Gasteiger partial charge in [-0.2, -0.15) is 4.31 Å². The summed E-state index contributed by atoms with van der Waals surface area (Å²) < 4.78 is 33.7. The average molecular weight is 579 g/mol. The largest absolute Gasteiger partial charge is 0.480 e. The lowest BCUT2D eigenvalue weighted by Crippen LogP contribution is -2.49. The van der Waals surface area contributed by atoms with E-state index in [0.29, 0.717) is 29.6 Å². The molecule has 41 heavy (non-hydrogen) atoms. The third-order valence-electron chi connectivity index (χ3n) is 7.30. The number of unbranched alkanes of at least 4 members (excludes halogenated alkanes) is 1. The number of benzene rings is 3. The molecule has 0 heterocycles. The van der Waals surface area contributed by atoms with Gasteiger partial charge in [0.15, 0.2) is 0 Å². The van der Waals surface area contributed by atoms with Crippen molar-refractivity contribution >= 4 is 22.1 Å². The SMILES string of the molecule is Cc1ccc(S(=O)(=O)N(C(=O)OCC2c3ccccc3-c3ccccc32)[C@@H](CCCCNCC(C)C)C(=O)O)cc1. The van der Waals surface area contributed by atoms with Gasteiger partial charge < -0.3 is 15.2 Å². The molecule has 0 bridgehead atoms. The van der Waals surface area contributed by atoms with Crippen molar-refractivity contribution in [1.82, 2.24) is 9.62 Å². The monoisotopic (exact) mass is 578 g/mol. The van der Waals surface area contributed by atoms with Crippen molar-refractivity contribution in [3.8, 4) is 11.1 Å². The highest BCUT2D eigenvalue weighted by Gasteiger charge is 2.41. The number of amides is 1. The molecule has 3 aromatic rings. The number of hydrogen-bond donors (Lipinski definition) is 2. The number of nitrogens with zero attached hydrogens (tertiary/aromatic N) is 1. The van der Waals surface area contributed by atoms with Crippen LogP contribution < -0.4 is 5.32 Å². The lowest BCUT2D eigenvalue weighted by Gasteiger charge is -2.28. The second kappa shape index (κ2) is 13.3. The van der Waals surface area contributed by atoms with Crippen LogP contribution in [0.25, 0.3) is 11.1 Å². The summed E-state index contributed by atoms with van der Waals surface area (Å²) in [6.07, 6.45) is -0.176. The Kier molecular flexibility index (Phi) is 9.83. The van der Waals surface area contributed by atoms with Crippen LogP contribution in [-0.2, 0) is 19.6 Å². The van der Waals surface area contributed by atoms with Crippen LogP contribution in [-0.4, -0.2) is 55.6 Å². The summed E-state index contributed by atoms with van der Waals surface area (Å²) in [7, 11) is -4.52. The van der Waals surface area contributed by atoms with Crippen LogP contribution in [0.5, 0.6) is 0 Å². The van der Waals surface area contributed by atoms with Gasteiger partial charge in [-0.3, -0.25) is 0 Å². The van der Waals surface area contributed by atoms with Crippen molar-refractivity contribution in [1.29, 1.82) is 0 Å². The Morgan fingerprint density at radius 2 is 1.51 bits per heavy atom. The van der Waals surface area contributed by atoms with Gasteiger partial charge in [-0.15, -0.1) is 0 Å². The maximum absolute atomic E-state index is 13.8. The Morgan fingerprint density at radius 1 is 0.927 bits per heavy atom. The van der Waals surface area contributed by atoms with Crippen LogP contribution >= 0.6 is 0 Å². The summed E-state index contributed by atoms with van der Waals surface area (Å²) >= 11 is 0. The van der Waals surface area contributed by atoms with Gasteiger partial charge in [0.05, 0.1) is 4.90 Å². The molecule has 0 saturated carbocycles. The van der Waals surface area contributed by atoms with Crippen molar-refractivity contribution < 1.29 is 27.9 Å². The molecule has 8 nitrogen and oxygen atoms in total. The Morgan fingerprint density at radius 3 is 2.07 bits per heavy atom. The van der Waals surface area contributed by atoms with Crippen LogP contribution in [0.2, 0.25) is 0 Å². The van der Waals surface area contributed by atoms with Gasteiger partial charge in [0, 0.05) is 5.92 Å². The minimum absolute atomic E-state index is 0.0338. The van der Waals surface area contributed by atoms with E-state index < -0.39 is 28.1 Å². The van der Waals surface area contributed by atoms with Crippen molar-refractivity contribution in [2.75, 3.05) is 19.7 Å². The second-order valence-corrected chi connectivity index (χ2v) is 12.7. The Labute approximate surface area is 242 Å². The van der Waals surface area contributed by atoms with Crippen molar-refractivity contribution in [3.63, 3.8) is 0 Å². The summed E-state index contributed by atoms with van der Waals surface area (Å²) in [5.74, 6) is -1.22. The molecule has 1 amide bonds. The summed E-state index contributed by atoms with van der Waals surface area (Å²) in [4.78, 5) is 25.9. The molecule has 3 aromatic carbocycles. The molecule has 1 aliphatic carbocycles. The van der Waals surface area contributed by atoms with E-state index in [2.05, 4.69) is 19.2 Å². The number of nitrogens with one attached hydrogen (secondary N) is 1. The van der Waals surface area contributed by atoms with Gasteiger partial charge in [0.2, 0.25) is 0 Å². The third-order valence-corrected chi connectivity index (χ3v) is 9.08. The number of hydrogen-bond acceptors (Lipinski definition) is 6. The lowest BCUT2D eigenvalue weighted by molar-refractivity contribution is -0.141. The van der Waals surface area contributed by atoms with Crippen LogP contribution in [0.15, 0.2) is 77.7 Å². The van der Waals surface area contributed by atoms with E-state index in [4.69, 9.17) is 4.74 Å². The number of carboxylic acid groups (broad SMARTS) is 1. The highest BCUT2D eigenvalue weighted by atomic mass is 32.2. The first kappa shape index (κ1) is 30.3. The zero-order valence-electron chi connectivity index (χ0n) is 23.7. The van der Waals surface area contributed by atoms with Crippen LogP contribution in [0.4, 0.5) is 4.79 Å². The molecule has 0 unspecified atom stereocenters. The van der Waals surface area contributed by atoms with Gasteiger partial charge in [0.25, 0.3) is 10.0 Å². The molecule has 1 atom stereocenters. The number of ether oxygens (including phenoxy) is 1. The maximum atomic E-state index is 13.8. The standard InChI is InChI=1S/C32H38N2O6S/c1-22(2)20-33-19-9-8-14-30(31(35)36)34(41(38,39)24-17-15-23(3)16-18-24)32(37)40-21-29-27-12-6-4-10-25(27)26-11-5-7-13-28(26)29/h4-7,10-13,15-18,22,29-30,33H,8-9,14,19-21H2,1-3H3,(H,35,36)/t30-/m0/s1. The first-order valence-electron chi connectivity index (χ1n) is 14.0. The van der Waals surface area contributed by atoms with Crippen LogP contribution in [0, 0.1) is 12.8 Å². The van der Waals surface area contributed by atoms with E-state index in [0.717, 1.165) is 34.4 Å². The molecule has 218 valence electrons. The molecule has 0 aromatic heterocycles. The van der Waals surface area contributed by atoms with E-state index in [-0.39, 0.29) is 23.8 Å². The molecule has 2 N–H and O–H groups in total. The Bertz CT molecular complexity index is 1420. The minimum Gasteiger partial charge on any atom is -0.480 e. The highest BCUT2D eigenvalue weighted by Crippen LogP contribution is 2.44. The molecular weight excluding hydrogens is 540 g/mol. The molecule has 1 aliphatic rings. The van der Waals surface area contributed by atoms with Gasteiger partial charge in [-0.1, -0.05) is 80.1 Å². The molecule has 0 saturated heterocycles. The zero-order chi connectivity index (χ0) is 29.6. The van der Waals surface area contributed by atoms with E-state index in [1.54, 1.807) is 12.1 Å². The fourth-order valence-electron chi connectivity index (χ4n) is 5.19. The Hall–Kier alpha value is -3.69. The predicted molar refractivity (Wildman–Crippen MR) is 158 cm³/mol. The van der Waals surface area contributed by atoms with Gasteiger partial charge >= 0.3 is 12.1 Å². The Balaban J connectivity index is 1.58. The maximum Gasteiger partial charge on any atom is 0.424 e. The van der Waals surface area contributed by atoms with Crippen LogP contribution in [0.3, 0.4) is 0 Å². The van der Waals surface area contributed by atoms with Crippen molar-refractivity contribution in [2.24, 2.45) is 5.92 Å². The highest BCUT2D eigenvalue weighted by molar-refractivity contribution is 7.89. The van der Waals surface area contributed by atoms with Gasteiger partial charge in [-0.25, -0.2) is 18.0 Å². The molecular formula is C32H38N2O6S. The number of carbonyl (C=O) groups excluding carboxylic acids is 1. The number of aryl methyl sites for hydroxylation is 1. The summed E-state index contributed by atoms with van der Waals surface area (Å²) in [6.45, 7) is 7.37. The number of carbonyl (C=O) groups is 2. The van der Waals surface area contributed by atoms with Crippen LogP contribution in [0.1, 0.15) is 55.7 Å². The molecule has 0 aliphatic heterocycles. The second-order valence-electron chi connectivity index (χ2n) is 10.9. The summed E-state index contributed by atoms with van der Waals surface area (Å²) in [5, 5.41) is 13.4. The first-order chi connectivity index (χ1) is 19.6. The normalized spacial score (nSPS) is 13.5. The summed E-state index contributed by atoms with van der Waals surface area (Å²) in [6, 6.07) is 20.0. The van der Waals surface area contributed by atoms with E-state index in [1.807, 2.05) is 55.5 Å². The topological polar surface area (TPSA) is 113 Å². The van der Waals surface area contributed by atoms with Gasteiger partial charge in [0.1, 0.15) is 12.6 Å². The molecule has 9 heteroatoms. The molecule has 4 rings (SSSR count). The van der Waals surface area contributed by atoms with Gasteiger partial charge in [-0.05, 0) is 79.6 Å². The molecule has 0 spiro atoms. The van der Waals surface area contributed by atoms with Crippen molar-refractivity contribution in [2.45, 2.75) is 56.9 Å². The smallest absolute Gasteiger partial charge is 0.424 e. The average Bonchev–Trinajstić information content (AvgIpc) is 3.26. The third kappa shape index (κ3) is 6.97. The first-order valence-corrected chi connectivity index (χ1v) is 15.4. The number of fused-ring (bicyclic) bond motifs is 3. The fraction of sp³-hybridized carbons (Fsp3) is 0.375.